The van der Waals surface area contributed by atoms with Gasteiger partial charge in [-0.2, -0.15) is 9.47 Å². The van der Waals surface area contributed by atoms with Crippen LogP contribution in [0.5, 0.6) is 11.5 Å². The summed E-state index contributed by atoms with van der Waals surface area (Å²) in [6, 6.07) is 58.6. The van der Waals surface area contributed by atoms with Crippen LogP contribution in [-0.2, 0) is 0 Å². The minimum Gasteiger partial charge on any atom is -0.444 e. The van der Waals surface area contributed by atoms with Crippen molar-refractivity contribution in [2.75, 3.05) is 4.90 Å². The van der Waals surface area contributed by atoms with Gasteiger partial charge in [0.2, 0.25) is 22.9 Å². The third-order valence-corrected chi connectivity index (χ3v) is 17.5. The highest BCUT2D eigenvalue weighted by molar-refractivity contribution is 7.23. The predicted molar refractivity (Wildman–Crippen MR) is 211 cm³/mol. The minimum atomic E-state index is -2.84. The number of hydrogen-bond donors (Lipinski definition) is 0. The summed E-state index contributed by atoms with van der Waals surface area (Å²) in [6.45, 7) is 0. The van der Waals surface area contributed by atoms with Crippen LogP contribution in [0, 0.1) is 0 Å². The van der Waals surface area contributed by atoms with Gasteiger partial charge in [-0.1, -0.05) is 97.1 Å². The van der Waals surface area contributed by atoms with Crippen molar-refractivity contribution < 1.29 is 14.1 Å². The third kappa shape index (κ3) is 2.69. The number of benzene rings is 6. The largest absolute Gasteiger partial charge is 0.444 e. The predicted octanol–water partition coefficient (Wildman–Crippen LogP) is 6.80. The fourth-order valence-electron chi connectivity index (χ4n) is 10.9. The first kappa shape index (κ1) is 26.9. The van der Waals surface area contributed by atoms with Gasteiger partial charge in [0.05, 0.1) is 10.1 Å². The van der Waals surface area contributed by atoms with Crippen molar-refractivity contribution in [3.05, 3.63) is 170 Å². The molecule has 9 aromatic rings. The average Bonchev–Trinajstić information content (AvgIpc) is 3.72. The molecule has 0 saturated heterocycles. The fourth-order valence-corrected chi connectivity index (χ4v) is 16.4. The Hall–Kier alpha value is -6.80. The van der Waals surface area contributed by atoms with Gasteiger partial charge in [0.25, 0.3) is 0 Å². The molecule has 7 heteroatoms. The standard InChI is InChI=1S/C46H28N5OSi/c1-2-13-29(14-3-1)49-34-19-11-20-35-44(34)51(47-27-9-8-24-41(47)49)45-36(52-35)25-26-40-43(45)50-42-32(33-18-12-28-48(51)46(33)50)17-10-23-39(42)53(40)37-21-6-4-15-30(37)31-16-5-7-22-38(31)53/h1-28H/q+3. The van der Waals surface area contributed by atoms with Crippen LogP contribution in [-0.4, -0.2) is 12.6 Å². The Bertz CT molecular complexity index is 3140. The van der Waals surface area contributed by atoms with E-state index in [-0.39, 0.29) is 0 Å². The molecule has 244 valence electrons. The molecule has 5 aliphatic heterocycles. The van der Waals surface area contributed by atoms with E-state index in [0.29, 0.717) is 4.70 Å². The molecule has 8 heterocycles. The normalized spacial score (nSPS) is 17.8. The molecule has 1 atom stereocenters. The summed E-state index contributed by atoms with van der Waals surface area (Å²) < 4.78 is 15.0. The summed E-state index contributed by atoms with van der Waals surface area (Å²) in [7, 11) is -2.84. The number of aromatic nitrogens is 3. The van der Waals surface area contributed by atoms with Crippen LogP contribution in [0.25, 0.3) is 38.8 Å². The third-order valence-electron chi connectivity index (χ3n) is 12.6. The molecule has 5 aliphatic rings. The maximum atomic E-state index is 7.16. The van der Waals surface area contributed by atoms with Crippen LogP contribution in [0.3, 0.4) is 0 Å². The summed E-state index contributed by atoms with van der Waals surface area (Å²) in [6.07, 6.45) is 4.53. The minimum absolute atomic E-state index is 0.306. The van der Waals surface area contributed by atoms with Crippen molar-refractivity contribution in [2.24, 2.45) is 0 Å². The number of para-hydroxylation sites is 3. The Morgan fingerprint density at radius 2 is 1.21 bits per heavy atom. The van der Waals surface area contributed by atoms with Crippen molar-refractivity contribution in [1.29, 1.82) is 0 Å². The molecule has 0 bridgehead atoms. The zero-order chi connectivity index (χ0) is 34.2. The summed E-state index contributed by atoms with van der Waals surface area (Å²) in [5, 5.41) is 8.33. The SMILES string of the molecule is c1ccc(N2c3cccc4c3[N+]3(c5c(ccc6c5-n5c7c(cccc7c7ccc[n+]3c75)[Si]63c5ccccc5-c5ccccc53)O4)[n+]3ccccc32)cc1. The van der Waals surface area contributed by atoms with Crippen LogP contribution in [0.15, 0.2) is 170 Å². The molecule has 1 unspecified atom stereocenters. The number of pyridine rings is 2. The summed E-state index contributed by atoms with van der Waals surface area (Å²) in [4.78, 5) is 2.38. The Morgan fingerprint density at radius 3 is 2.06 bits per heavy atom. The topological polar surface area (TPSA) is 25.2 Å². The summed E-state index contributed by atoms with van der Waals surface area (Å²) in [5.41, 5.74) is 10.9. The number of rotatable bonds is 1. The highest BCUT2D eigenvalue weighted by atomic mass is 28.3. The molecular weight excluding hydrogens is 667 g/mol. The fraction of sp³-hybridized carbons (Fsp3) is 0. The molecular formula is C46H28N5OSi+3. The van der Waals surface area contributed by atoms with Gasteiger partial charge in [-0.05, 0) is 85.4 Å². The van der Waals surface area contributed by atoms with Gasteiger partial charge in [-0.3, -0.25) is 0 Å². The van der Waals surface area contributed by atoms with Gasteiger partial charge in [0, 0.05) is 21.8 Å². The molecule has 3 aromatic heterocycles. The lowest BCUT2D eigenvalue weighted by atomic mass is 10.1. The van der Waals surface area contributed by atoms with E-state index in [9.17, 15) is 0 Å². The van der Waals surface area contributed by atoms with Gasteiger partial charge in [-0.15, -0.1) is 0 Å². The van der Waals surface area contributed by atoms with Crippen molar-refractivity contribution in [1.82, 2.24) is 9.27 Å². The van der Waals surface area contributed by atoms with E-state index in [2.05, 4.69) is 189 Å². The molecule has 0 fully saturated rings. The molecule has 0 amide bonds. The Labute approximate surface area is 305 Å². The number of nitrogens with zero attached hydrogens (tertiary/aromatic N) is 5. The number of ether oxygens (including phenoxy) is 1. The van der Waals surface area contributed by atoms with E-state index in [1.54, 1.807) is 0 Å². The number of hydrogen-bond acceptors (Lipinski definition) is 2. The zero-order valence-corrected chi connectivity index (χ0v) is 29.3. The molecule has 0 radical (unpaired) electrons. The van der Waals surface area contributed by atoms with Gasteiger partial charge in [0.15, 0.2) is 20.5 Å². The highest BCUT2D eigenvalue weighted by Crippen LogP contribution is 2.60. The molecule has 0 saturated carbocycles. The first-order valence-corrected chi connectivity index (χ1v) is 20.3. The van der Waals surface area contributed by atoms with Gasteiger partial charge in [0.1, 0.15) is 11.2 Å². The van der Waals surface area contributed by atoms with E-state index in [4.69, 9.17) is 4.74 Å². The molecule has 0 aliphatic carbocycles. The second-order valence-electron chi connectivity index (χ2n) is 14.7. The number of quaternary nitrogens is 1. The monoisotopic (exact) mass is 694 g/mol. The second-order valence-corrected chi connectivity index (χ2v) is 18.3. The molecule has 0 N–H and O–H groups in total. The Balaban J connectivity index is 1.26. The van der Waals surface area contributed by atoms with Crippen molar-refractivity contribution >= 4 is 79.3 Å². The lowest BCUT2D eigenvalue weighted by molar-refractivity contribution is -1.03. The molecule has 6 nitrogen and oxygen atoms in total. The zero-order valence-electron chi connectivity index (χ0n) is 28.3. The Kier molecular flexibility index (Phi) is 4.47. The van der Waals surface area contributed by atoms with E-state index in [1.807, 2.05) is 0 Å². The van der Waals surface area contributed by atoms with E-state index in [0.717, 1.165) is 40.1 Å². The maximum absolute atomic E-state index is 7.16. The van der Waals surface area contributed by atoms with Gasteiger partial charge < -0.3 is 4.74 Å². The van der Waals surface area contributed by atoms with E-state index >= 15 is 0 Å². The van der Waals surface area contributed by atoms with Crippen LogP contribution in [0.1, 0.15) is 0 Å². The van der Waals surface area contributed by atoms with Gasteiger partial charge in [-0.25, -0.2) is 0 Å². The van der Waals surface area contributed by atoms with Crippen LogP contribution < -0.4 is 44.4 Å². The van der Waals surface area contributed by atoms with E-state index < -0.39 is 8.07 Å². The van der Waals surface area contributed by atoms with Crippen molar-refractivity contribution in [3.8, 4) is 28.3 Å². The lowest BCUT2D eigenvalue weighted by Crippen LogP contribution is -2.87. The highest BCUT2D eigenvalue weighted by Gasteiger charge is 2.70. The molecule has 6 aromatic carbocycles. The Morgan fingerprint density at radius 1 is 0.509 bits per heavy atom. The first-order valence-electron chi connectivity index (χ1n) is 18.3. The molecule has 2 spiro atoms. The smallest absolute Gasteiger partial charge is 0.350 e. The van der Waals surface area contributed by atoms with Gasteiger partial charge >= 0.3 is 22.8 Å². The van der Waals surface area contributed by atoms with Crippen LogP contribution in [0.4, 0.5) is 28.6 Å². The quantitative estimate of drug-likeness (QED) is 0.107. The van der Waals surface area contributed by atoms with Crippen LogP contribution >= 0.6 is 0 Å². The maximum Gasteiger partial charge on any atom is 0.350 e. The molecule has 14 rings (SSSR count). The summed E-state index contributed by atoms with van der Waals surface area (Å²) >= 11 is 0. The van der Waals surface area contributed by atoms with Crippen LogP contribution in [0.2, 0.25) is 0 Å². The van der Waals surface area contributed by atoms with Crippen molar-refractivity contribution in [3.63, 3.8) is 0 Å². The second kappa shape index (κ2) is 8.79. The molecule has 53 heavy (non-hydrogen) atoms. The summed E-state index contributed by atoms with van der Waals surface area (Å²) in [5.74, 6) is 2.80. The van der Waals surface area contributed by atoms with Crippen molar-refractivity contribution in [2.45, 2.75) is 0 Å². The lowest BCUT2D eigenvalue weighted by Gasteiger charge is -2.43. The average molecular weight is 695 g/mol. The first-order chi connectivity index (χ1) is 26.3. The number of fused-ring (bicyclic) bond motifs is 9. The van der Waals surface area contributed by atoms with E-state index in [1.165, 1.54) is 59.5 Å². The number of anilines is 3.